The summed E-state index contributed by atoms with van der Waals surface area (Å²) in [5.74, 6) is -0.0724. The van der Waals surface area contributed by atoms with E-state index in [0.717, 1.165) is 36.5 Å². The first-order chi connectivity index (χ1) is 16.3. The average molecular weight is 476 g/mol. The van der Waals surface area contributed by atoms with E-state index in [9.17, 15) is 18.0 Å². The Kier molecular flexibility index (Phi) is 7.48. The fourth-order valence-electron chi connectivity index (χ4n) is 5.00. The Bertz CT molecular complexity index is 961. The summed E-state index contributed by atoms with van der Waals surface area (Å²) < 4.78 is 47.8. The normalized spacial score (nSPS) is 22.6. The summed E-state index contributed by atoms with van der Waals surface area (Å²) in [5, 5.41) is 2.76. The lowest BCUT2D eigenvalue weighted by Crippen LogP contribution is -2.56. The van der Waals surface area contributed by atoms with Gasteiger partial charge in [-0.1, -0.05) is 42.5 Å². The highest BCUT2D eigenvalue weighted by Gasteiger charge is 2.63. The third-order valence-corrected chi connectivity index (χ3v) is 7.04. The van der Waals surface area contributed by atoms with Gasteiger partial charge in [0.15, 0.2) is 5.41 Å². The molecule has 1 atom stereocenters. The number of hydrogen-bond donors (Lipinski definition) is 1. The highest BCUT2D eigenvalue weighted by Crippen LogP contribution is 2.46. The van der Waals surface area contributed by atoms with Crippen LogP contribution in [0.5, 0.6) is 5.75 Å². The number of rotatable bonds is 7. The van der Waals surface area contributed by atoms with Gasteiger partial charge >= 0.3 is 6.18 Å². The van der Waals surface area contributed by atoms with E-state index < -0.39 is 17.5 Å². The van der Waals surface area contributed by atoms with Gasteiger partial charge in [0.25, 0.3) is 0 Å². The second-order valence-corrected chi connectivity index (χ2v) is 9.40. The van der Waals surface area contributed by atoms with Crippen LogP contribution >= 0.6 is 0 Å². The number of hydrogen-bond acceptors (Lipinski definition) is 4. The summed E-state index contributed by atoms with van der Waals surface area (Å²) in [6, 6.07) is 17.0. The molecule has 0 saturated carbocycles. The van der Waals surface area contributed by atoms with Crippen molar-refractivity contribution in [3.8, 4) is 5.75 Å². The van der Waals surface area contributed by atoms with Crippen molar-refractivity contribution in [2.45, 2.75) is 44.6 Å². The lowest BCUT2D eigenvalue weighted by atomic mass is 9.84. The van der Waals surface area contributed by atoms with Crippen LogP contribution in [-0.2, 0) is 17.9 Å². The number of methoxy groups -OCH3 is 1. The van der Waals surface area contributed by atoms with Crippen LogP contribution in [0.25, 0.3) is 0 Å². The molecule has 0 aromatic heterocycles. The van der Waals surface area contributed by atoms with Crippen LogP contribution < -0.4 is 10.1 Å². The van der Waals surface area contributed by atoms with Crippen molar-refractivity contribution in [3.05, 3.63) is 65.7 Å². The number of ether oxygens (including phenoxy) is 1. The second kappa shape index (κ2) is 10.4. The van der Waals surface area contributed by atoms with Gasteiger partial charge in [0.05, 0.1) is 7.11 Å². The molecule has 0 aliphatic carbocycles. The number of halogens is 3. The van der Waals surface area contributed by atoms with E-state index >= 15 is 0 Å². The molecule has 1 unspecified atom stereocenters. The first-order valence-corrected chi connectivity index (χ1v) is 11.8. The minimum absolute atomic E-state index is 0.205. The van der Waals surface area contributed by atoms with Crippen molar-refractivity contribution < 1.29 is 22.7 Å². The van der Waals surface area contributed by atoms with Crippen molar-refractivity contribution in [1.82, 2.24) is 15.1 Å². The molecule has 8 heteroatoms. The zero-order chi connectivity index (χ0) is 24.2. The maximum atomic E-state index is 14.2. The van der Waals surface area contributed by atoms with Gasteiger partial charge in [-0.15, -0.1) is 0 Å². The van der Waals surface area contributed by atoms with Crippen LogP contribution in [-0.4, -0.2) is 61.2 Å². The number of nitrogens with zero attached hydrogens (tertiary/aromatic N) is 2. The first kappa shape index (κ1) is 24.5. The van der Waals surface area contributed by atoms with Gasteiger partial charge in [-0.3, -0.25) is 14.6 Å². The van der Waals surface area contributed by atoms with Gasteiger partial charge in [-0.2, -0.15) is 13.2 Å². The molecule has 0 spiro atoms. The zero-order valence-electron chi connectivity index (χ0n) is 19.5. The van der Waals surface area contributed by atoms with Crippen LogP contribution in [0.1, 0.15) is 30.4 Å². The van der Waals surface area contributed by atoms with Gasteiger partial charge in [0, 0.05) is 38.8 Å². The van der Waals surface area contributed by atoms with Gasteiger partial charge in [0.2, 0.25) is 5.91 Å². The summed E-state index contributed by atoms with van der Waals surface area (Å²) in [6.45, 7) is 2.56. The Morgan fingerprint density at radius 3 is 2.35 bits per heavy atom. The SMILES string of the molecule is COc1cccc(CN2CCC(NC(=O)C3(C(F)(F)F)CCN(Cc4ccccc4)C3)CC2)c1. The molecule has 0 bridgehead atoms. The van der Waals surface area contributed by atoms with Gasteiger partial charge in [-0.25, -0.2) is 0 Å². The standard InChI is InChI=1S/C26H32F3N3O2/c1-34-23-9-5-8-21(16-23)18-31-13-10-22(11-14-31)30-24(33)25(26(27,28)29)12-15-32(19-25)17-20-6-3-2-4-7-20/h2-9,16,22H,10-15,17-19H2,1H3,(H,30,33). The third kappa shape index (κ3) is 5.55. The molecule has 0 radical (unpaired) electrons. The van der Waals surface area contributed by atoms with E-state index in [4.69, 9.17) is 4.74 Å². The summed E-state index contributed by atoms with van der Waals surface area (Å²) in [6.07, 6.45) is -3.52. The van der Waals surface area contributed by atoms with Crippen molar-refractivity contribution in [2.75, 3.05) is 33.3 Å². The van der Waals surface area contributed by atoms with Crippen LogP contribution in [0.2, 0.25) is 0 Å². The van der Waals surface area contributed by atoms with E-state index in [0.29, 0.717) is 19.4 Å². The number of piperidine rings is 1. The molecule has 2 aromatic carbocycles. The quantitative estimate of drug-likeness (QED) is 0.651. The summed E-state index contributed by atoms with van der Waals surface area (Å²) in [4.78, 5) is 17.0. The maximum Gasteiger partial charge on any atom is 0.404 e. The molecule has 2 aliphatic heterocycles. The van der Waals surface area contributed by atoms with E-state index in [-0.39, 0.29) is 25.6 Å². The third-order valence-electron chi connectivity index (χ3n) is 7.04. The lowest BCUT2D eigenvalue weighted by molar-refractivity contribution is -0.218. The Morgan fingerprint density at radius 1 is 1.00 bits per heavy atom. The molecule has 5 nitrogen and oxygen atoms in total. The number of alkyl halides is 3. The number of nitrogens with one attached hydrogen (secondary N) is 1. The smallest absolute Gasteiger partial charge is 0.404 e. The summed E-state index contributed by atoms with van der Waals surface area (Å²) >= 11 is 0. The highest BCUT2D eigenvalue weighted by atomic mass is 19.4. The molecule has 2 heterocycles. The maximum absolute atomic E-state index is 14.2. The number of carbonyl (C=O) groups is 1. The van der Waals surface area contributed by atoms with Gasteiger partial charge in [0.1, 0.15) is 5.75 Å². The minimum Gasteiger partial charge on any atom is -0.497 e. The van der Waals surface area contributed by atoms with Crippen LogP contribution in [0.15, 0.2) is 54.6 Å². The Hall–Kier alpha value is -2.58. The number of benzene rings is 2. The highest BCUT2D eigenvalue weighted by molar-refractivity contribution is 5.84. The van der Waals surface area contributed by atoms with Crippen LogP contribution in [0.4, 0.5) is 13.2 Å². The van der Waals surface area contributed by atoms with E-state index in [1.807, 2.05) is 54.6 Å². The Morgan fingerprint density at radius 2 is 1.68 bits per heavy atom. The predicted octanol–water partition coefficient (Wildman–Crippen LogP) is 4.23. The second-order valence-electron chi connectivity index (χ2n) is 9.40. The first-order valence-electron chi connectivity index (χ1n) is 11.8. The molecule has 2 aliphatic rings. The summed E-state index contributed by atoms with van der Waals surface area (Å²) in [5.41, 5.74) is -0.272. The van der Waals surface area contributed by atoms with E-state index in [2.05, 4.69) is 10.2 Å². The predicted molar refractivity (Wildman–Crippen MR) is 124 cm³/mol. The zero-order valence-corrected chi connectivity index (χ0v) is 19.5. The fraction of sp³-hybridized carbons (Fsp3) is 0.500. The number of amides is 1. The molecular weight excluding hydrogens is 443 g/mol. The molecule has 4 rings (SSSR count). The van der Waals surface area contributed by atoms with Crippen LogP contribution in [0, 0.1) is 5.41 Å². The van der Waals surface area contributed by atoms with E-state index in [1.165, 1.54) is 0 Å². The van der Waals surface area contributed by atoms with E-state index in [1.54, 1.807) is 12.0 Å². The molecule has 1 amide bonds. The van der Waals surface area contributed by atoms with Gasteiger partial charge < -0.3 is 10.1 Å². The lowest BCUT2D eigenvalue weighted by Gasteiger charge is -2.36. The topological polar surface area (TPSA) is 44.8 Å². The fourth-order valence-corrected chi connectivity index (χ4v) is 5.00. The molecule has 184 valence electrons. The van der Waals surface area contributed by atoms with Crippen molar-refractivity contribution >= 4 is 5.91 Å². The molecule has 2 aromatic rings. The number of carbonyl (C=O) groups excluding carboxylic acids is 1. The Labute approximate surface area is 198 Å². The van der Waals surface area contributed by atoms with Crippen molar-refractivity contribution in [3.63, 3.8) is 0 Å². The van der Waals surface area contributed by atoms with Crippen LogP contribution in [0.3, 0.4) is 0 Å². The number of likely N-dealkylation sites (tertiary alicyclic amines) is 2. The molecule has 1 N–H and O–H groups in total. The van der Waals surface area contributed by atoms with Crippen molar-refractivity contribution in [1.29, 1.82) is 0 Å². The molecular formula is C26H32F3N3O2. The molecule has 2 fully saturated rings. The minimum atomic E-state index is -4.59. The largest absolute Gasteiger partial charge is 0.497 e. The molecule has 2 saturated heterocycles. The van der Waals surface area contributed by atoms with Gasteiger partial charge in [-0.05, 0) is 49.1 Å². The average Bonchev–Trinajstić information content (AvgIpc) is 3.26. The summed E-state index contributed by atoms with van der Waals surface area (Å²) in [7, 11) is 1.63. The Balaban J connectivity index is 1.33. The molecule has 34 heavy (non-hydrogen) atoms. The van der Waals surface area contributed by atoms with Crippen molar-refractivity contribution in [2.24, 2.45) is 5.41 Å². The monoisotopic (exact) mass is 475 g/mol.